The molecule has 4 N–H and O–H groups in total. The molecule has 1 unspecified atom stereocenters. The molecule has 9 nitrogen and oxygen atoms in total. The molecule has 1 fully saturated rings. The maximum Gasteiger partial charge on any atom is 1.00 e. The molecule has 0 spiro atoms. The van der Waals surface area contributed by atoms with Crippen LogP contribution in [0.25, 0.3) is 0 Å². The number of carbonyl (C=O) groups is 2. The summed E-state index contributed by atoms with van der Waals surface area (Å²) in [5.41, 5.74) is 5.14. The van der Waals surface area contributed by atoms with Gasteiger partial charge in [-0.15, -0.1) is 0 Å². The van der Waals surface area contributed by atoms with Crippen LogP contribution in [0, 0.1) is 0 Å². The number of rotatable bonds is 5. The van der Waals surface area contributed by atoms with Gasteiger partial charge in [0.1, 0.15) is 12.1 Å². The van der Waals surface area contributed by atoms with Gasteiger partial charge in [-0.05, 0) is 0 Å². The van der Waals surface area contributed by atoms with Crippen molar-refractivity contribution in [2.45, 2.75) is 12.1 Å². The molecule has 1 aliphatic heterocycles. The standard InChI is InChI=1S/C6H11N3O6S.Na/c7-3(6(11)12)1-8-4-2-9(5(4)10)16(13,14)15;/h3-4,8H,1-2,7H2,(H,11,12)(H,13,14,15);/q;+1/p-1/t3-,4?;/m0./s1. The molecule has 0 aromatic heterocycles. The quantitative estimate of drug-likeness (QED) is 0.254. The fourth-order valence-corrected chi connectivity index (χ4v) is 1.78. The van der Waals surface area contributed by atoms with E-state index in [-0.39, 0.29) is 47.0 Å². The first-order valence-corrected chi connectivity index (χ1v) is 5.59. The van der Waals surface area contributed by atoms with Gasteiger partial charge in [0.2, 0.25) is 0 Å². The molecule has 0 saturated carbocycles. The fourth-order valence-electron chi connectivity index (χ4n) is 1.11. The minimum Gasteiger partial charge on any atom is -0.731 e. The van der Waals surface area contributed by atoms with Crippen molar-refractivity contribution in [3.05, 3.63) is 0 Å². The molecule has 1 rings (SSSR count). The zero-order valence-corrected chi connectivity index (χ0v) is 11.8. The topological polar surface area (TPSA) is 153 Å². The van der Waals surface area contributed by atoms with E-state index in [2.05, 4.69) is 5.32 Å². The minimum absolute atomic E-state index is 0. The molecule has 0 aliphatic carbocycles. The van der Waals surface area contributed by atoms with Crippen molar-refractivity contribution in [2.24, 2.45) is 5.73 Å². The van der Waals surface area contributed by atoms with E-state index >= 15 is 0 Å². The first kappa shape index (κ1) is 16.8. The molecule has 0 radical (unpaired) electrons. The fraction of sp³-hybridized carbons (Fsp3) is 0.667. The summed E-state index contributed by atoms with van der Waals surface area (Å²) in [7, 11) is -4.76. The van der Waals surface area contributed by atoms with Gasteiger partial charge in [0, 0.05) is 6.54 Å². The Morgan fingerprint density at radius 2 is 2.24 bits per heavy atom. The SMILES string of the molecule is N[C@@H](CNC1CN(S(=O)(=O)[O-])C1=O)C(=O)O.[Na+]. The molecule has 1 saturated heterocycles. The van der Waals surface area contributed by atoms with E-state index in [4.69, 9.17) is 10.8 Å². The number of carboxylic acids is 1. The third kappa shape index (κ3) is 4.17. The van der Waals surface area contributed by atoms with Gasteiger partial charge in [0.15, 0.2) is 10.3 Å². The Hall–Kier alpha value is -0.230. The Morgan fingerprint density at radius 3 is 2.59 bits per heavy atom. The number of hydrogen-bond acceptors (Lipinski definition) is 7. The van der Waals surface area contributed by atoms with Crippen LogP contribution in [-0.2, 0) is 19.9 Å². The maximum absolute atomic E-state index is 11.1. The molecule has 92 valence electrons. The second-order valence-electron chi connectivity index (χ2n) is 3.23. The van der Waals surface area contributed by atoms with Crippen LogP contribution in [0.5, 0.6) is 0 Å². The Balaban J connectivity index is 0.00000256. The molecule has 2 atom stereocenters. The smallest absolute Gasteiger partial charge is 0.731 e. The van der Waals surface area contributed by atoms with Crippen molar-refractivity contribution < 1.29 is 57.2 Å². The summed E-state index contributed by atoms with van der Waals surface area (Å²) < 4.78 is 31.4. The molecule has 0 aromatic rings. The summed E-state index contributed by atoms with van der Waals surface area (Å²) in [5, 5.41) is 10.9. The van der Waals surface area contributed by atoms with Crippen LogP contribution in [0.4, 0.5) is 0 Å². The summed E-state index contributed by atoms with van der Waals surface area (Å²) in [4.78, 5) is 21.4. The number of amides is 1. The Morgan fingerprint density at radius 1 is 1.71 bits per heavy atom. The first-order valence-electron chi connectivity index (χ1n) is 4.22. The van der Waals surface area contributed by atoms with Crippen LogP contribution in [0.2, 0.25) is 0 Å². The van der Waals surface area contributed by atoms with Crippen LogP contribution in [-0.4, -0.2) is 59.4 Å². The number of hydrogen-bond donors (Lipinski definition) is 3. The number of nitrogens with one attached hydrogen (secondary N) is 1. The number of carboxylic acid groups (broad SMARTS) is 1. The number of β-lactam (4-membered cyclic amide) rings is 1. The monoisotopic (exact) mass is 275 g/mol. The largest absolute Gasteiger partial charge is 1.00 e. The van der Waals surface area contributed by atoms with Gasteiger partial charge in [-0.25, -0.2) is 12.7 Å². The molecular weight excluding hydrogens is 265 g/mol. The summed E-state index contributed by atoms with van der Waals surface area (Å²) in [5.74, 6) is -2.14. The third-order valence-corrected chi connectivity index (χ3v) is 2.93. The van der Waals surface area contributed by atoms with Crippen molar-refractivity contribution in [1.82, 2.24) is 9.62 Å². The predicted octanol–water partition coefficient (Wildman–Crippen LogP) is -6.34. The summed E-state index contributed by atoms with van der Waals surface area (Å²) in [6.45, 7) is -0.477. The van der Waals surface area contributed by atoms with Crippen LogP contribution in [0.3, 0.4) is 0 Å². The molecule has 1 heterocycles. The normalized spacial score (nSPS) is 21.4. The van der Waals surface area contributed by atoms with Gasteiger partial charge in [0.05, 0.1) is 6.54 Å². The van der Waals surface area contributed by atoms with E-state index in [1.165, 1.54) is 0 Å². The summed E-state index contributed by atoms with van der Waals surface area (Å²) in [6, 6.07) is -2.06. The van der Waals surface area contributed by atoms with E-state index < -0.39 is 34.3 Å². The van der Waals surface area contributed by atoms with Crippen molar-refractivity contribution in [1.29, 1.82) is 0 Å². The maximum atomic E-state index is 11.1. The molecule has 0 aromatic carbocycles. The molecule has 1 amide bonds. The number of nitrogens with two attached hydrogens (primary N) is 1. The van der Waals surface area contributed by atoms with E-state index in [1.807, 2.05) is 0 Å². The third-order valence-electron chi connectivity index (χ3n) is 2.06. The summed E-state index contributed by atoms with van der Waals surface area (Å²) >= 11 is 0. The Labute approximate surface area is 120 Å². The van der Waals surface area contributed by atoms with Crippen molar-refractivity contribution in [3.63, 3.8) is 0 Å². The van der Waals surface area contributed by atoms with Crippen LogP contribution in [0.15, 0.2) is 0 Å². The van der Waals surface area contributed by atoms with Crippen molar-refractivity contribution in [2.75, 3.05) is 13.1 Å². The zero-order chi connectivity index (χ0) is 12.5. The minimum atomic E-state index is -4.76. The van der Waals surface area contributed by atoms with Gasteiger partial charge in [0.25, 0.3) is 5.91 Å². The van der Waals surface area contributed by atoms with E-state index in [0.29, 0.717) is 0 Å². The number of aliphatic carboxylic acids is 1. The van der Waals surface area contributed by atoms with E-state index in [1.54, 1.807) is 0 Å². The van der Waals surface area contributed by atoms with Crippen LogP contribution in [0.1, 0.15) is 0 Å². The van der Waals surface area contributed by atoms with Crippen LogP contribution < -0.4 is 40.6 Å². The molecule has 0 bridgehead atoms. The van der Waals surface area contributed by atoms with Gasteiger partial charge in [-0.2, -0.15) is 0 Å². The average molecular weight is 275 g/mol. The van der Waals surface area contributed by atoms with Crippen molar-refractivity contribution >= 4 is 22.2 Å². The summed E-state index contributed by atoms with van der Waals surface area (Å²) in [6.07, 6.45) is 0. The van der Waals surface area contributed by atoms with Gasteiger partial charge < -0.3 is 20.7 Å². The molecule has 17 heavy (non-hydrogen) atoms. The van der Waals surface area contributed by atoms with Crippen LogP contribution >= 0.6 is 0 Å². The van der Waals surface area contributed by atoms with Gasteiger partial charge in [-0.1, -0.05) is 0 Å². The second kappa shape index (κ2) is 6.09. The average Bonchev–Trinajstić information content (AvgIpc) is 2.12. The Kier molecular flexibility index (Phi) is 6.01. The number of nitrogens with zero attached hydrogens (tertiary/aromatic N) is 1. The van der Waals surface area contributed by atoms with E-state index in [0.717, 1.165) is 0 Å². The number of carbonyl (C=O) groups excluding carboxylic acids is 1. The van der Waals surface area contributed by atoms with Gasteiger partial charge >= 0.3 is 35.5 Å². The molecular formula is C6H10N3NaO6S. The van der Waals surface area contributed by atoms with Gasteiger partial charge in [-0.3, -0.25) is 9.59 Å². The Bertz CT molecular complexity index is 412. The zero-order valence-electron chi connectivity index (χ0n) is 8.99. The van der Waals surface area contributed by atoms with Crippen molar-refractivity contribution in [3.8, 4) is 0 Å². The molecule has 11 heteroatoms. The molecule has 1 aliphatic rings. The predicted molar refractivity (Wildman–Crippen MR) is 48.8 cm³/mol. The van der Waals surface area contributed by atoms with E-state index in [9.17, 15) is 22.6 Å². The second-order valence-corrected chi connectivity index (χ2v) is 4.53. The first-order chi connectivity index (χ1) is 7.23.